The average molecular weight is 627 g/mol. The van der Waals surface area contributed by atoms with Crippen LogP contribution in [-0.4, -0.2) is 63.0 Å². The normalized spacial score (nSPS) is 13.7. The number of carbonyl (C=O) groups excluding carboxylic acids is 3. The number of benzene rings is 3. The fraction of sp³-hybridized carbons (Fsp3) is 0.300. The van der Waals surface area contributed by atoms with E-state index >= 15 is 0 Å². The first-order valence-electron chi connectivity index (χ1n) is 13.1. The first-order chi connectivity index (χ1) is 19.9. The van der Waals surface area contributed by atoms with E-state index in [9.17, 15) is 14.4 Å². The maximum Gasteiger partial charge on any atom is 0.337 e. The number of halogens is 1. The molecule has 0 spiro atoms. The number of urea groups is 1. The lowest BCUT2D eigenvalue weighted by Gasteiger charge is -2.27. The summed E-state index contributed by atoms with van der Waals surface area (Å²) < 4.78 is 22.9. The quantitative estimate of drug-likeness (QED) is 0.201. The average Bonchev–Trinajstić information content (AvgIpc) is 3.52. The van der Waals surface area contributed by atoms with Crippen LogP contribution < -0.4 is 20.1 Å². The number of rotatable bonds is 12. The van der Waals surface area contributed by atoms with Gasteiger partial charge in [0.2, 0.25) is 0 Å². The molecule has 41 heavy (non-hydrogen) atoms. The van der Waals surface area contributed by atoms with Crippen molar-refractivity contribution in [2.45, 2.75) is 25.7 Å². The maximum absolute atomic E-state index is 12.9. The Labute approximate surface area is 247 Å². The predicted octanol–water partition coefficient (Wildman–Crippen LogP) is 5.47. The molecule has 10 nitrogen and oxygen atoms in total. The number of hydrogen-bond donors (Lipinski definition) is 2. The van der Waals surface area contributed by atoms with Crippen molar-refractivity contribution in [3.05, 3.63) is 82.3 Å². The summed E-state index contributed by atoms with van der Waals surface area (Å²) in [6, 6.07) is 18.6. The molecule has 0 aromatic heterocycles. The Bertz CT molecular complexity index is 1360. The van der Waals surface area contributed by atoms with Crippen LogP contribution in [0.5, 0.6) is 11.5 Å². The van der Waals surface area contributed by atoms with Crippen molar-refractivity contribution >= 4 is 45.1 Å². The van der Waals surface area contributed by atoms with E-state index in [1.54, 1.807) is 48.5 Å². The van der Waals surface area contributed by atoms with Gasteiger partial charge in [0.25, 0.3) is 6.41 Å². The van der Waals surface area contributed by atoms with Gasteiger partial charge in [0, 0.05) is 24.0 Å². The maximum atomic E-state index is 12.9. The van der Waals surface area contributed by atoms with Gasteiger partial charge in [-0.2, -0.15) is 0 Å². The molecule has 4 rings (SSSR count). The Morgan fingerprint density at radius 3 is 2.32 bits per heavy atom. The molecule has 0 saturated carbocycles. The zero-order chi connectivity index (χ0) is 29.2. The van der Waals surface area contributed by atoms with Gasteiger partial charge in [0.05, 0.1) is 31.2 Å². The Kier molecular flexibility index (Phi) is 10.7. The van der Waals surface area contributed by atoms with Gasteiger partial charge in [-0.05, 0) is 82.9 Å². The number of amides is 2. The highest BCUT2D eigenvalue weighted by Crippen LogP contribution is 2.27. The van der Waals surface area contributed by atoms with E-state index in [-0.39, 0.29) is 18.8 Å². The highest BCUT2D eigenvalue weighted by atomic mass is 79.9. The summed E-state index contributed by atoms with van der Waals surface area (Å²) >= 11 is 3.40. The number of likely N-dealkylation sites (tertiary alicyclic amines) is 1. The number of methoxy groups -OCH3 is 2. The molecule has 11 heteroatoms. The molecule has 1 atom stereocenters. The summed E-state index contributed by atoms with van der Waals surface area (Å²) in [6.07, 6.45) is 1.40. The zero-order valence-corrected chi connectivity index (χ0v) is 24.4. The summed E-state index contributed by atoms with van der Waals surface area (Å²) in [7, 11) is 2.82. The summed E-state index contributed by atoms with van der Waals surface area (Å²) in [4.78, 5) is 39.1. The smallest absolute Gasteiger partial charge is 0.337 e. The fourth-order valence-electron chi connectivity index (χ4n) is 4.30. The van der Waals surface area contributed by atoms with E-state index in [1.807, 2.05) is 23.1 Å². The van der Waals surface area contributed by atoms with E-state index in [2.05, 4.69) is 26.6 Å². The molecule has 0 aliphatic carbocycles. The van der Waals surface area contributed by atoms with E-state index in [0.717, 1.165) is 30.4 Å². The van der Waals surface area contributed by atoms with Gasteiger partial charge >= 0.3 is 12.0 Å². The lowest BCUT2D eigenvalue weighted by Crippen LogP contribution is -2.40. The summed E-state index contributed by atoms with van der Waals surface area (Å²) in [5.41, 5.74) is 2.21. The van der Waals surface area contributed by atoms with Gasteiger partial charge in [-0.1, -0.05) is 18.2 Å². The molecule has 0 radical (unpaired) electrons. The van der Waals surface area contributed by atoms with Crippen molar-refractivity contribution in [2.24, 2.45) is 0 Å². The monoisotopic (exact) mass is 625 g/mol. The lowest BCUT2D eigenvalue weighted by atomic mass is 10.1. The molecule has 1 aliphatic heterocycles. The number of anilines is 2. The van der Waals surface area contributed by atoms with E-state index < -0.39 is 18.4 Å². The highest BCUT2D eigenvalue weighted by Gasteiger charge is 2.25. The van der Waals surface area contributed by atoms with E-state index in [1.165, 1.54) is 14.2 Å². The molecule has 3 aromatic rings. The van der Waals surface area contributed by atoms with Crippen molar-refractivity contribution < 1.29 is 33.3 Å². The first kappa shape index (κ1) is 30.0. The molecule has 1 heterocycles. The van der Waals surface area contributed by atoms with Crippen LogP contribution in [0.1, 0.15) is 28.8 Å². The Morgan fingerprint density at radius 1 is 0.927 bits per heavy atom. The summed E-state index contributed by atoms with van der Waals surface area (Å²) in [6.45, 7) is 1.43. The molecule has 1 unspecified atom stereocenters. The minimum Gasteiger partial charge on any atom is -0.495 e. The molecule has 3 aromatic carbocycles. The van der Waals surface area contributed by atoms with Crippen LogP contribution in [0, 0.1) is 0 Å². The van der Waals surface area contributed by atoms with Crippen LogP contribution >= 0.6 is 15.9 Å². The SMILES string of the molecule is COC(=O)c1ccc(OC(OCC(=O)Cc2ccc(NC(=O)Nc3ccccc3Br)c(OC)c2)N2CCCC2)cc1. The number of carbonyl (C=O) groups is 3. The highest BCUT2D eigenvalue weighted by molar-refractivity contribution is 9.10. The standard InChI is InChI=1S/C30H32BrN3O7/c1-38-27-18-20(9-14-26(27)33-29(37)32-25-8-4-3-7-24(25)31)17-22(35)19-40-30(34-15-5-6-16-34)41-23-12-10-21(11-13-23)28(36)39-2/h3-4,7-14,18,30H,5-6,15-17,19H2,1-2H3,(H2,32,33,37). The van der Waals surface area contributed by atoms with Crippen molar-refractivity contribution in [3.63, 3.8) is 0 Å². The van der Waals surface area contributed by atoms with E-state index in [4.69, 9.17) is 18.9 Å². The number of ketones is 1. The third-order valence-electron chi connectivity index (χ3n) is 6.38. The van der Waals surface area contributed by atoms with Crippen molar-refractivity contribution in [1.82, 2.24) is 4.90 Å². The topological polar surface area (TPSA) is 115 Å². The van der Waals surface area contributed by atoms with E-state index in [0.29, 0.717) is 34.0 Å². The first-order valence-corrected chi connectivity index (χ1v) is 13.9. The molecule has 216 valence electrons. The Balaban J connectivity index is 1.34. The zero-order valence-electron chi connectivity index (χ0n) is 22.9. The molecule has 1 saturated heterocycles. The third kappa shape index (κ3) is 8.53. The number of nitrogens with one attached hydrogen (secondary N) is 2. The van der Waals surface area contributed by atoms with Crippen LogP contribution in [-0.2, 0) is 20.7 Å². The van der Waals surface area contributed by atoms with Gasteiger partial charge in [-0.15, -0.1) is 0 Å². The third-order valence-corrected chi connectivity index (χ3v) is 7.07. The number of nitrogens with zero attached hydrogens (tertiary/aromatic N) is 1. The second-order valence-electron chi connectivity index (χ2n) is 9.30. The second-order valence-corrected chi connectivity index (χ2v) is 10.2. The number of hydrogen-bond acceptors (Lipinski definition) is 8. The largest absolute Gasteiger partial charge is 0.495 e. The van der Waals surface area contributed by atoms with Gasteiger partial charge in [-0.3, -0.25) is 4.79 Å². The lowest BCUT2D eigenvalue weighted by molar-refractivity contribution is -0.174. The van der Waals surface area contributed by atoms with Crippen molar-refractivity contribution in [1.29, 1.82) is 0 Å². The Morgan fingerprint density at radius 2 is 1.63 bits per heavy atom. The number of ether oxygens (including phenoxy) is 4. The van der Waals surface area contributed by atoms with Gasteiger partial charge in [0.1, 0.15) is 18.1 Å². The summed E-state index contributed by atoms with van der Waals surface area (Å²) in [5, 5.41) is 5.55. The minimum atomic E-state index is -0.741. The van der Waals surface area contributed by atoms with Gasteiger partial charge in [0.15, 0.2) is 5.78 Å². The number of esters is 1. The Hall–Kier alpha value is -3.93. The van der Waals surface area contributed by atoms with Crippen LogP contribution in [0.3, 0.4) is 0 Å². The van der Waals surface area contributed by atoms with Crippen LogP contribution in [0.25, 0.3) is 0 Å². The molecule has 0 bridgehead atoms. The van der Waals surface area contributed by atoms with Crippen molar-refractivity contribution in [2.75, 3.05) is 44.5 Å². The van der Waals surface area contributed by atoms with Gasteiger partial charge < -0.3 is 29.6 Å². The van der Waals surface area contributed by atoms with Crippen LogP contribution in [0.4, 0.5) is 16.2 Å². The number of para-hydroxylation sites is 1. The number of Topliss-reactive ketones (excluding diaryl/α,β-unsaturated/α-hetero) is 1. The molecule has 1 aliphatic rings. The molecular weight excluding hydrogens is 594 g/mol. The molecular formula is C30H32BrN3O7. The second kappa shape index (κ2) is 14.6. The minimum absolute atomic E-state index is 0.111. The molecule has 2 amide bonds. The van der Waals surface area contributed by atoms with Gasteiger partial charge in [-0.25, -0.2) is 14.5 Å². The fourth-order valence-corrected chi connectivity index (χ4v) is 4.68. The predicted molar refractivity (Wildman–Crippen MR) is 157 cm³/mol. The van der Waals surface area contributed by atoms with Crippen molar-refractivity contribution in [3.8, 4) is 11.5 Å². The van der Waals surface area contributed by atoms with Crippen LogP contribution in [0.2, 0.25) is 0 Å². The molecule has 1 fully saturated rings. The van der Waals surface area contributed by atoms with Crippen LogP contribution in [0.15, 0.2) is 71.2 Å². The molecule has 2 N–H and O–H groups in total. The summed E-state index contributed by atoms with van der Waals surface area (Å²) in [5.74, 6) is 0.359.